The maximum Gasteiger partial charge on any atom is 0.358 e. The molecule has 0 saturated carbocycles. The van der Waals surface area contributed by atoms with Gasteiger partial charge in [0.2, 0.25) is 5.91 Å². The Labute approximate surface area is 132 Å². The summed E-state index contributed by atoms with van der Waals surface area (Å²) in [7, 11) is 0. The van der Waals surface area contributed by atoms with Gasteiger partial charge in [-0.25, -0.2) is 9.48 Å². The largest absolute Gasteiger partial charge is 0.476 e. The Bertz CT molecular complexity index is 694. The fraction of sp³-hybridized carbons (Fsp3) is 0.467. The Kier molecular flexibility index (Phi) is 4.14. The molecule has 1 fully saturated rings. The second-order valence-corrected chi connectivity index (χ2v) is 5.85. The first-order chi connectivity index (χ1) is 11.0. The molecule has 0 aromatic carbocycles. The smallest absolute Gasteiger partial charge is 0.358 e. The van der Waals surface area contributed by atoms with Crippen molar-refractivity contribution < 1.29 is 19.1 Å². The van der Waals surface area contributed by atoms with Crippen LogP contribution in [-0.2, 0) is 11.3 Å². The molecule has 8 nitrogen and oxygen atoms in total. The fourth-order valence-corrected chi connectivity index (χ4v) is 2.89. The zero-order valence-corrected chi connectivity index (χ0v) is 12.8. The zero-order valence-electron chi connectivity index (χ0n) is 12.8. The number of hydrogen-bond donors (Lipinski definition) is 1. The first kappa shape index (κ1) is 15.3. The van der Waals surface area contributed by atoms with Crippen LogP contribution in [0.3, 0.4) is 0 Å². The molecule has 1 saturated heterocycles. The highest BCUT2D eigenvalue weighted by Gasteiger charge is 2.32. The van der Waals surface area contributed by atoms with Gasteiger partial charge in [0.25, 0.3) is 0 Å². The Balaban J connectivity index is 1.74. The minimum absolute atomic E-state index is 0.0358. The van der Waals surface area contributed by atoms with Gasteiger partial charge in [0.05, 0.1) is 18.5 Å². The third kappa shape index (κ3) is 3.25. The lowest BCUT2D eigenvalue weighted by Crippen LogP contribution is -2.42. The van der Waals surface area contributed by atoms with Crippen LogP contribution in [0, 0.1) is 5.92 Å². The van der Waals surface area contributed by atoms with Crippen molar-refractivity contribution in [3.63, 3.8) is 0 Å². The van der Waals surface area contributed by atoms with E-state index in [9.17, 15) is 9.59 Å². The van der Waals surface area contributed by atoms with Gasteiger partial charge in [-0.15, -0.1) is 5.10 Å². The molecule has 0 spiro atoms. The number of carbonyl (C=O) groups is 2. The van der Waals surface area contributed by atoms with E-state index < -0.39 is 5.97 Å². The maximum absolute atomic E-state index is 12.6. The number of carboxylic acid groups (broad SMARTS) is 1. The monoisotopic (exact) mass is 318 g/mol. The van der Waals surface area contributed by atoms with Crippen molar-refractivity contribution in [2.24, 2.45) is 5.92 Å². The number of aromatic carboxylic acids is 1. The molecule has 2 atom stereocenters. The standard InChI is InChI=1S/C15H18N4O4/c1-10-4-5-19(12(7-10)13-3-2-6-23-13)14(20)9-18-8-11(15(21)22)16-17-18/h2-3,6,8,10,12H,4-5,7,9H2,1H3,(H,21,22). The molecule has 122 valence electrons. The van der Waals surface area contributed by atoms with Crippen molar-refractivity contribution in [2.75, 3.05) is 6.54 Å². The number of furan rings is 1. The topological polar surface area (TPSA) is 101 Å². The van der Waals surface area contributed by atoms with Gasteiger partial charge in [-0.05, 0) is 30.9 Å². The van der Waals surface area contributed by atoms with Crippen molar-refractivity contribution >= 4 is 11.9 Å². The maximum atomic E-state index is 12.6. The Morgan fingerprint density at radius 2 is 2.30 bits per heavy atom. The zero-order chi connectivity index (χ0) is 16.4. The number of piperidine rings is 1. The first-order valence-corrected chi connectivity index (χ1v) is 7.51. The summed E-state index contributed by atoms with van der Waals surface area (Å²) in [4.78, 5) is 25.2. The minimum Gasteiger partial charge on any atom is -0.476 e. The third-order valence-electron chi connectivity index (χ3n) is 4.11. The van der Waals surface area contributed by atoms with E-state index in [-0.39, 0.29) is 24.2 Å². The number of carbonyl (C=O) groups excluding carboxylic acids is 1. The molecule has 0 aliphatic carbocycles. The van der Waals surface area contributed by atoms with Gasteiger partial charge in [0.15, 0.2) is 5.69 Å². The van der Waals surface area contributed by atoms with Crippen LogP contribution in [0.2, 0.25) is 0 Å². The van der Waals surface area contributed by atoms with Gasteiger partial charge < -0.3 is 14.4 Å². The van der Waals surface area contributed by atoms with E-state index in [4.69, 9.17) is 9.52 Å². The van der Waals surface area contributed by atoms with E-state index in [2.05, 4.69) is 17.2 Å². The van der Waals surface area contributed by atoms with E-state index >= 15 is 0 Å². The highest BCUT2D eigenvalue weighted by molar-refractivity contribution is 5.84. The number of likely N-dealkylation sites (tertiary alicyclic amines) is 1. The van der Waals surface area contributed by atoms with Crippen LogP contribution in [0.15, 0.2) is 29.0 Å². The van der Waals surface area contributed by atoms with Crippen LogP contribution < -0.4 is 0 Å². The average molecular weight is 318 g/mol. The molecule has 2 aromatic rings. The summed E-state index contributed by atoms with van der Waals surface area (Å²) in [6.45, 7) is 2.77. The van der Waals surface area contributed by atoms with E-state index in [1.54, 1.807) is 11.2 Å². The van der Waals surface area contributed by atoms with Gasteiger partial charge in [-0.1, -0.05) is 12.1 Å². The molecule has 0 bridgehead atoms. The molecule has 0 radical (unpaired) electrons. The van der Waals surface area contributed by atoms with E-state index in [0.717, 1.165) is 18.6 Å². The van der Waals surface area contributed by atoms with Crippen LogP contribution >= 0.6 is 0 Å². The molecule has 1 N–H and O–H groups in total. The molecular weight excluding hydrogens is 300 g/mol. The van der Waals surface area contributed by atoms with Crippen molar-refractivity contribution in [3.8, 4) is 0 Å². The predicted molar refractivity (Wildman–Crippen MR) is 78.5 cm³/mol. The number of rotatable bonds is 4. The average Bonchev–Trinajstić information content (AvgIpc) is 3.18. The third-order valence-corrected chi connectivity index (χ3v) is 4.11. The van der Waals surface area contributed by atoms with Crippen LogP contribution in [0.4, 0.5) is 0 Å². The summed E-state index contributed by atoms with van der Waals surface area (Å²) >= 11 is 0. The molecule has 2 unspecified atom stereocenters. The van der Waals surface area contributed by atoms with Gasteiger partial charge >= 0.3 is 5.97 Å². The van der Waals surface area contributed by atoms with Crippen molar-refractivity contribution in [2.45, 2.75) is 32.4 Å². The van der Waals surface area contributed by atoms with Crippen molar-refractivity contribution in [1.29, 1.82) is 0 Å². The number of carboxylic acids is 1. The normalized spacial score (nSPS) is 21.3. The lowest BCUT2D eigenvalue weighted by atomic mass is 9.91. The summed E-state index contributed by atoms with van der Waals surface area (Å²) in [5, 5.41) is 16.1. The molecule has 3 heterocycles. The molecule has 8 heteroatoms. The molecular formula is C15H18N4O4. The van der Waals surface area contributed by atoms with Gasteiger partial charge in [0, 0.05) is 6.54 Å². The lowest BCUT2D eigenvalue weighted by Gasteiger charge is -2.37. The van der Waals surface area contributed by atoms with E-state index in [0.29, 0.717) is 12.5 Å². The van der Waals surface area contributed by atoms with Crippen LogP contribution in [0.1, 0.15) is 42.1 Å². The number of hydrogen-bond acceptors (Lipinski definition) is 5. The quantitative estimate of drug-likeness (QED) is 0.918. The minimum atomic E-state index is -1.16. The van der Waals surface area contributed by atoms with Crippen LogP contribution in [0.25, 0.3) is 0 Å². The summed E-state index contributed by atoms with van der Waals surface area (Å²) in [6.07, 6.45) is 4.64. The molecule has 23 heavy (non-hydrogen) atoms. The summed E-state index contributed by atoms with van der Waals surface area (Å²) < 4.78 is 6.73. The molecule has 2 aromatic heterocycles. The summed E-state index contributed by atoms with van der Waals surface area (Å²) in [5.74, 6) is -0.00190. The van der Waals surface area contributed by atoms with Crippen molar-refractivity contribution in [3.05, 3.63) is 36.0 Å². The SMILES string of the molecule is CC1CCN(C(=O)Cn2cc(C(=O)O)nn2)C(c2ccco2)C1. The number of aromatic nitrogens is 3. The number of amides is 1. The lowest BCUT2D eigenvalue weighted by molar-refractivity contribution is -0.137. The molecule has 1 amide bonds. The number of nitrogens with zero attached hydrogens (tertiary/aromatic N) is 4. The fourth-order valence-electron chi connectivity index (χ4n) is 2.89. The van der Waals surface area contributed by atoms with Crippen LogP contribution in [0.5, 0.6) is 0 Å². The second kappa shape index (κ2) is 6.23. The predicted octanol–water partition coefficient (Wildman–Crippen LogP) is 1.57. The Hall–Kier alpha value is -2.64. The van der Waals surface area contributed by atoms with E-state index in [1.165, 1.54) is 10.9 Å². The highest BCUT2D eigenvalue weighted by Crippen LogP contribution is 2.34. The Morgan fingerprint density at radius 3 is 2.96 bits per heavy atom. The van der Waals surface area contributed by atoms with Gasteiger partial charge in [0.1, 0.15) is 12.3 Å². The van der Waals surface area contributed by atoms with Gasteiger partial charge in [-0.3, -0.25) is 4.79 Å². The first-order valence-electron chi connectivity index (χ1n) is 7.51. The molecule has 1 aliphatic heterocycles. The second-order valence-electron chi connectivity index (χ2n) is 5.85. The Morgan fingerprint density at radius 1 is 1.48 bits per heavy atom. The molecule has 1 aliphatic rings. The summed E-state index contributed by atoms with van der Waals surface area (Å²) in [6, 6.07) is 3.60. The highest BCUT2D eigenvalue weighted by atomic mass is 16.4. The molecule has 3 rings (SSSR count). The van der Waals surface area contributed by atoms with Gasteiger partial charge in [-0.2, -0.15) is 0 Å². The van der Waals surface area contributed by atoms with E-state index in [1.807, 2.05) is 12.1 Å². The van der Waals surface area contributed by atoms with Crippen molar-refractivity contribution in [1.82, 2.24) is 19.9 Å². The van der Waals surface area contributed by atoms with Crippen LogP contribution in [-0.4, -0.2) is 43.4 Å². The summed E-state index contributed by atoms with van der Waals surface area (Å²) in [5.41, 5.74) is -0.173.